The highest BCUT2D eigenvalue weighted by Gasteiger charge is 2.31. The fourth-order valence-corrected chi connectivity index (χ4v) is 5.48. The van der Waals surface area contributed by atoms with Crippen LogP contribution in [0.25, 0.3) is 10.9 Å². The number of hydrogen-bond donors (Lipinski definition) is 2. The van der Waals surface area contributed by atoms with Gasteiger partial charge in [-0.25, -0.2) is 8.78 Å². The maximum Gasteiger partial charge on any atom is 0.292 e. The van der Waals surface area contributed by atoms with Gasteiger partial charge in [0.1, 0.15) is 25.1 Å². The molecule has 2 N–H and O–H groups in total. The van der Waals surface area contributed by atoms with E-state index < -0.39 is 29.7 Å². The number of aromatic nitrogens is 2. The lowest BCUT2D eigenvalue weighted by Gasteiger charge is -2.29. The van der Waals surface area contributed by atoms with Crippen molar-refractivity contribution in [3.63, 3.8) is 0 Å². The normalized spacial score (nSPS) is 16.4. The average molecular weight is 577 g/mol. The number of ketones is 1. The second-order valence-electron chi connectivity index (χ2n) is 10.6. The highest BCUT2D eigenvalue weighted by Crippen LogP contribution is 2.36. The van der Waals surface area contributed by atoms with Gasteiger partial charge in [0.05, 0.1) is 24.3 Å². The molecule has 0 saturated carbocycles. The Morgan fingerprint density at radius 3 is 2.55 bits per heavy atom. The molecule has 2 unspecified atom stereocenters. The van der Waals surface area contributed by atoms with Crippen molar-refractivity contribution in [3.8, 4) is 11.5 Å². The van der Waals surface area contributed by atoms with E-state index in [1.54, 1.807) is 41.2 Å². The fourth-order valence-electron chi connectivity index (χ4n) is 5.48. The number of halogens is 2. The summed E-state index contributed by atoms with van der Waals surface area (Å²) in [5.41, 5.74) is 1.99. The van der Waals surface area contributed by atoms with E-state index in [0.717, 1.165) is 37.0 Å². The van der Waals surface area contributed by atoms with Gasteiger partial charge in [-0.15, -0.1) is 0 Å². The molecule has 1 aromatic heterocycles. The highest BCUT2D eigenvalue weighted by molar-refractivity contribution is 6.43. The molecule has 1 amide bonds. The van der Waals surface area contributed by atoms with E-state index in [9.17, 15) is 23.5 Å². The zero-order valence-electron chi connectivity index (χ0n) is 22.8. The minimum atomic E-state index is -1.31. The Bertz CT molecular complexity index is 1620. The second kappa shape index (κ2) is 11.9. The lowest BCUT2D eigenvalue weighted by Crippen LogP contribution is -2.48. The number of ether oxygens (including phenoxy) is 2. The van der Waals surface area contributed by atoms with Crippen LogP contribution in [0.15, 0.2) is 60.8 Å². The van der Waals surface area contributed by atoms with Gasteiger partial charge in [-0.05, 0) is 79.5 Å². The van der Waals surface area contributed by atoms with Crippen molar-refractivity contribution >= 4 is 22.6 Å². The largest absolute Gasteiger partial charge is 0.486 e. The molecule has 3 aromatic carbocycles. The van der Waals surface area contributed by atoms with Crippen LogP contribution in [-0.4, -0.2) is 70.4 Å². The van der Waals surface area contributed by atoms with Crippen molar-refractivity contribution < 1.29 is 33.0 Å². The number of fused-ring (bicyclic) bond motifs is 2. The number of carbonyl (C=O) groups excluding carboxylic acids is 2. The topological polar surface area (TPSA) is 106 Å². The number of nitrogens with one attached hydrogen (secondary N) is 1. The fraction of sp³-hybridized carbons (Fsp3) is 0.323. The number of Topliss-reactive ketones (excluding diaryl/α,β-unsaturated/α-hetero) is 1. The van der Waals surface area contributed by atoms with Crippen molar-refractivity contribution in [2.24, 2.45) is 0 Å². The van der Waals surface area contributed by atoms with Gasteiger partial charge in [0.2, 0.25) is 5.78 Å². The van der Waals surface area contributed by atoms with Gasteiger partial charge in [0.25, 0.3) is 5.91 Å². The third-order valence-electron chi connectivity index (χ3n) is 7.67. The molecule has 2 atom stereocenters. The van der Waals surface area contributed by atoms with Crippen LogP contribution in [0.4, 0.5) is 8.78 Å². The number of amides is 1. The first-order valence-corrected chi connectivity index (χ1v) is 13.9. The molecule has 0 bridgehead atoms. The summed E-state index contributed by atoms with van der Waals surface area (Å²) in [5, 5.41) is 19.0. The number of nitrogens with zero attached hydrogens (tertiary/aromatic N) is 3. The van der Waals surface area contributed by atoms with Crippen LogP contribution in [-0.2, 0) is 11.3 Å². The van der Waals surface area contributed by atoms with Gasteiger partial charge in [0.15, 0.2) is 17.3 Å². The van der Waals surface area contributed by atoms with Crippen molar-refractivity contribution in [1.82, 2.24) is 20.0 Å². The van der Waals surface area contributed by atoms with Crippen LogP contribution >= 0.6 is 0 Å². The maximum atomic E-state index is 14.8. The maximum absolute atomic E-state index is 14.8. The Balaban J connectivity index is 1.20. The lowest BCUT2D eigenvalue weighted by molar-refractivity contribution is -0.118. The molecule has 4 aromatic rings. The Labute approximate surface area is 240 Å². The van der Waals surface area contributed by atoms with E-state index in [4.69, 9.17) is 9.47 Å². The monoisotopic (exact) mass is 576 g/mol. The molecular weight excluding hydrogens is 546 g/mol. The number of aliphatic hydroxyl groups excluding tert-OH is 1. The number of carbonyl (C=O) groups is 2. The molecule has 218 valence electrons. The zero-order chi connectivity index (χ0) is 29.2. The third kappa shape index (κ3) is 5.83. The highest BCUT2D eigenvalue weighted by atomic mass is 19.1. The van der Waals surface area contributed by atoms with Gasteiger partial charge in [0, 0.05) is 17.5 Å². The standard InChI is InChI=1S/C31H30F2N4O5/c32-23-6-3-19(4-7-23)17-37-26-8-5-20(13-22(26)16-34-37)29(39)31(40)35-25(18-36-9-1-2-10-36)28(38)21-14-24(33)30-27(15-21)41-11-12-42-30/h3-8,13-16,25,28,38H,1-2,9-12,17-18H2,(H,35,40). The molecular formula is C31H30F2N4O5. The summed E-state index contributed by atoms with van der Waals surface area (Å²) in [6, 6.07) is 12.8. The molecule has 6 rings (SSSR count). The second-order valence-corrected chi connectivity index (χ2v) is 10.6. The minimum absolute atomic E-state index is 0.0103. The molecule has 2 aliphatic heterocycles. The molecule has 0 spiro atoms. The van der Waals surface area contributed by atoms with E-state index in [-0.39, 0.29) is 48.2 Å². The van der Waals surface area contributed by atoms with Gasteiger partial charge >= 0.3 is 0 Å². The Kier molecular flexibility index (Phi) is 7.86. The summed E-state index contributed by atoms with van der Waals surface area (Å²) in [7, 11) is 0. The minimum Gasteiger partial charge on any atom is -0.486 e. The predicted octanol–water partition coefficient (Wildman–Crippen LogP) is 3.63. The van der Waals surface area contributed by atoms with E-state index in [0.29, 0.717) is 11.9 Å². The van der Waals surface area contributed by atoms with Crippen LogP contribution in [0, 0.1) is 11.6 Å². The van der Waals surface area contributed by atoms with Crippen LogP contribution in [0.5, 0.6) is 11.5 Å². The molecule has 42 heavy (non-hydrogen) atoms. The SMILES string of the molecule is O=C(NC(CN1CCCC1)C(O)c1cc(F)c2c(c1)OCCO2)C(=O)c1ccc2c(cnn2Cc2ccc(F)cc2)c1. The smallest absolute Gasteiger partial charge is 0.292 e. The van der Waals surface area contributed by atoms with E-state index >= 15 is 0 Å². The molecule has 3 heterocycles. The van der Waals surface area contributed by atoms with Crippen LogP contribution in [0.2, 0.25) is 0 Å². The van der Waals surface area contributed by atoms with E-state index in [2.05, 4.69) is 15.3 Å². The first kappa shape index (κ1) is 27.8. The molecule has 0 radical (unpaired) electrons. The summed E-state index contributed by atoms with van der Waals surface area (Å²) in [4.78, 5) is 28.5. The number of aliphatic hydroxyl groups is 1. The quantitative estimate of drug-likeness (QED) is 0.232. The van der Waals surface area contributed by atoms with Crippen LogP contribution in [0.1, 0.15) is 40.4 Å². The lowest BCUT2D eigenvalue weighted by atomic mass is 9.99. The van der Waals surface area contributed by atoms with Gasteiger partial charge < -0.3 is 24.8 Å². The Hall–Kier alpha value is -4.35. The Morgan fingerprint density at radius 1 is 1.00 bits per heavy atom. The molecule has 1 saturated heterocycles. The van der Waals surface area contributed by atoms with Crippen molar-refractivity contribution in [2.75, 3.05) is 32.8 Å². The zero-order valence-corrected chi connectivity index (χ0v) is 22.8. The molecule has 9 nitrogen and oxygen atoms in total. The van der Waals surface area contributed by atoms with E-state index in [1.165, 1.54) is 24.3 Å². The van der Waals surface area contributed by atoms with Gasteiger partial charge in [-0.1, -0.05) is 12.1 Å². The summed E-state index contributed by atoms with van der Waals surface area (Å²) >= 11 is 0. The first-order chi connectivity index (χ1) is 20.4. The average Bonchev–Trinajstić information content (AvgIpc) is 3.67. The van der Waals surface area contributed by atoms with Gasteiger partial charge in [-0.3, -0.25) is 14.3 Å². The third-order valence-corrected chi connectivity index (χ3v) is 7.67. The molecule has 11 heteroatoms. The molecule has 1 fully saturated rings. The van der Waals surface area contributed by atoms with Crippen molar-refractivity contribution in [2.45, 2.75) is 31.5 Å². The predicted molar refractivity (Wildman–Crippen MR) is 150 cm³/mol. The van der Waals surface area contributed by atoms with Crippen LogP contribution in [0.3, 0.4) is 0 Å². The number of rotatable bonds is 9. The van der Waals surface area contributed by atoms with Crippen molar-refractivity contribution in [1.29, 1.82) is 0 Å². The first-order valence-electron chi connectivity index (χ1n) is 13.9. The summed E-state index contributed by atoms with van der Waals surface area (Å²) in [6.45, 7) is 2.76. The summed E-state index contributed by atoms with van der Waals surface area (Å²) < 4.78 is 40.6. The molecule has 0 aliphatic carbocycles. The Morgan fingerprint density at radius 2 is 1.76 bits per heavy atom. The van der Waals surface area contributed by atoms with Gasteiger partial charge in [-0.2, -0.15) is 5.10 Å². The summed E-state index contributed by atoms with van der Waals surface area (Å²) in [6.07, 6.45) is 2.27. The number of likely N-dealkylation sites (tertiary alicyclic amines) is 1. The molecule has 2 aliphatic rings. The van der Waals surface area contributed by atoms with Crippen LogP contribution < -0.4 is 14.8 Å². The number of hydrogen-bond acceptors (Lipinski definition) is 7. The number of benzene rings is 3. The van der Waals surface area contributed by atoms with Crippen molar-refractivity contribution in [3.05, 3.63) is 89.1 Å². The summed E-state index contributed by atoms with van der Waals surface area (Å²) in [5.74, 6) is -2.46. The van der Waals surface area contributed by atoms with E-state index in [1.807, 2.05) is 0 Å².